The lowest BCUT2D eigenvalue weighted by Crippen LogP contribution is -2.22. The Balaban J connectivity index is 2.32. The molecular formula is C9H6BrIN2OS. The molecule has 0 aliphatic carbocycles. The molecule has 2 aromatic rings. The van der Waals surface area contributed by atoms with Crippen LogP contribution in [0.25, 0.3) is 0 Å². The first-order valence-corrected chi connectivity index (χ1v) is 6.85. The fourth-order valence-corrected chi connectivity index (χ4v) is 3.06. The molecule has 0 radical (unpaired) electrons. The second kappa shape index (κ2) is 4.75. The number of nitrogens with zero attached hydrogens (tertiary/aromatic N) is 2. The molecule has 0 spiro atoms. The average molecular weight is 397 g/mol. The molecule has 0 aromatic carbocycles. The van der Waals surface area contributed by atoms with Crippen LogP contribution in [0, 0.1) is 3.57 Å². The molecule has 0 unspecified atom stereocenters. The maximum Gasteiger partial charge on any atom is 0.267 e. The molecular weight excluding hydrogens is 391 g/mol. The summed E-state index contributed by atoms with van der Waals surface area (Å²) in [5.41, 5.74) is 0.00937. The van der Waals surface area contributed by atoms with Gasteiger partial charge in [-0.05, 0) is 44.6 Å². The van der Waals surface area contributed by atoms with Crippen molar-refractivity contribution in [3.63, 3.8) is 0 Å². The Bertz CT molecular complexity index is 537. The van der Waals surface area contributed by atoms with Crippen molar-refractivity contribution in [2.24, 2.45) is 0 Å². The Kier molecular flexibility index (Phi) is 3.57. The van der Waals surface area contributed by atoms with Gasteiger partial charge < -0.3 is 0 Å². The number of hydrogen-bond donors (Lipinski definition) is 0. The molecule has 0 fully saturated rings. The zero-order chi connectivity index (χ0) is 10.8. The lowest BCUT2D eigenvalue weighted by molar-refractivity contribution is 0.739. The van der Waals surface area contributed by atoms with Crippen molar-refractivity contribution in [1.29, 1.82) is 0 Å². The van der Waals surface area contributed by atoms with Gasteiger partial charge in [0.1, 0.15) is 0 Å². The molecule has 0 atom stereocenters. The number of rotatable bonds is 2. The maximum absolute atomic E-state index is 11.7. The molecule has 0 bridgehead atoms. The van der Waals surface area contributed by atoms with E-state index in [0.717, 1.165) is 9.35 Å². The Morgan fingerprint density at radius 1 is 1.60 bits per heavy atom. The molecule has 0 N–H and O–H groups in total. The molecule has 2 rings (SSSR count). The van der Waals surface area contributed by atoms with Crippen molar-refractivity contribution >= 4 is 49.9 Å². The van der Waals surface area contributed by atoms with Gasteiger partial charge in [-0.25, -0.2) is 4.98 Å². The number of hydrogen-bond acceptors (Lipinski definition) is 3. The SMILES string of the molecule is O=c1c(I)cncn1Cc1cc(Br)cs1. The van der Waals surface area contributed by atoms with Crippen LogP contribution in [0.2, 0.25) is 0 Å². The Labute approximate surface area is 112 Å². The van der Waals surface area contributed by atoms with Gasteiger partial charge in [0, 0.05) is 20.9 Å². The van der Waals surface area contributed by atoms with Crippen LogP contribution in [0.5, 0.6) is 0 Å². The second-order valence-corrected chi connectivity index (χ2v) is 5.98. The standard InChI is InChI=1S/C9H6BrIN2OS/c10-6-1-7(15-4-6)3-13-5-12-2-8(11)9(13)14/h1-2,4-5H,3H2. The molecule has 0 saturated heterocycles. The highest BCUT2D eigenvalue weighted by molar-refractivity contribution is 14.1. The lowest BCUT2D eigenvalue weighted by atomic mass is 10.4. The normalized spacial score (nSPS) is 10.5. The lowest BCUT2D eigenvalue weighted by Gasteiger charge is -2.02. The van der Waals surface area contributed by atoms with E-state index in [9.17, 15) is 4.79 Å². The van der Waals surface area contributed by atoms with E-state index in [4.69, 9.17) is 0 Å². The summed E-state index contributed by atoms with van der Waals surface area (Å²) in [6, 6.07) is 2.01. The predicted molar refractivity (Wildman–Crippen MR) is 72.3 cm³/mol. The third kappa shape index (κ3) is 2.67. The summed E-state index contributed by atoms with van der Waals surface area (Å²) in [6.07, 6.45) is 3.14. The molecule has 0 aliphatic rings. The average Bonchev–Trinajstić information content (AvgIpc) is 2.59. The largest absolute Gasteiger partial charge is 0.293 e. The van der Waals surface area contributed by atoms with Gasteiger partial charge in [-0.2, -0.15) is 0 Å². The third-order valence-corrected chi connectivity index (χ3v) is 4.23. The number of thiophene rings is 1. The van der Waals surface area contributed by atoms with Gasteiger partial charge >= 0.3 is 0 Å². The molecule has 3 nitrogen and oxygen atoms in total. The smallest absolute Gasteiger partial charge is 0.267 e. The minimum absolute atomic E-state index is 0.00937. The van der Waals surface area contributed by atoms with Gasteiger partial charge in [0.05, 0.1) is 16.4 Å². The summed E-state index contributed by atoms with van der Waals surface area (Å²) in [5, 5.41) is 2.00. The second-order valence-electron chi connectivity index (χ2n) is 2.91. The molecule has 15 heavy (non-hydrogen) atoms. The van der Waals surface area contributed by atoms with Crippen molar-refractivity contribution in [2.45, 2.75) is 6.54 Å². The summed E-state index contributed by atoms with van der Waals surface area (Å²) in [5.74, 6) is 0. The molecule has 2 aromatic heterocycles. The van der Waals surface area contributed by atoms with Crippen LogP contribution in [0.4, 0.5) is 0 Å². The van der Waals surface area contributed by atoms with E-state index in [1.807, 2.05) is 34.0 Å². The first kappa shape index (κ1) is 11.3. The zero-order valence-corrected chi connectivity index (χ0v) is 12.0. The number of aromatic nitrogens is 2. The molecule has 2 heterocycles. The predicted octanol–water partition coefficient (Wildman–Crippen LogP) is 2.72. The summed E-state index contributed by atoms with van der Waals surface area (Å²) in [4.78, 5) is 16.8. The zero-order valence-electron chi connectivity index (χ0n) is 7.48. The van der Waals surface area contributed by atoms with Gasteiger partial charge in [0.15, 0.2) is 0 Å². The van der Waals surface area contributed by atoms with Crippen LogP contribution in [-0.2, 0) is 6.54 Å². The Morgan fingerprint density at radius 2 is 2.40 bits per heavy atom. The summed E-state index contributed by atoms with van der Waals surface area (Å²) in [6.45, 7) is 0.582. The van der Waals surface area contributed by atoms with Crippen LogP contribution in [0.15, 0.2) is 33.2 Å². The fraction of sp³-hybridized carbons (Fsp3) is 0.111. The van der Waals surface area contributed by atoms with Crippen molar-refractivity contribution < 1.29 is 0 Å². The molecule has 0 saturated carbocycles. The highest BCUT2D eigenvalue weighted by atomic mass is 127. The van der Waals surface area contributed by atoms with Crippen LogP contribution < -0.4 is 5.56 Å². The van der Waals surface area contributed by atoms with Crippen LogP contribution in [0.3, 0.4) is 0 Å². The molecule has 6 heteroatoms. The number of halogens is 2. The van der Waals surface area contributed by atoms with Crippen LogP contribution in [-0.4, -0.2) is 9.55 Å². The summed E-state index contributed by atoms with van der Waals surface area (Å²) < 4.78 is 3.31. The van der Waals surface area contributed by atoms with Gasteiger partial charge in [-0.15, -0.1) is 11.3 Å². The van der Waals surface area contributed by atoms with Crippen molar-refractivity contribution in [2.75, 3.05) is 0 Å². The van der Waals surface area contributed by atoms with Crippen molar-refractivity contribution in [3.8, 4) is 0 Å². The first-order chi connectivity index (χ1) is 7.16. The monoisotopic (exact) mass is 396 g/mol. The van der Waals surface area contributed by atoms with Gasteiger partial charge in [0.25, 0.3) is 5.56 Å². The summed E-state index contributed by atoms with van der Waals surface area (Å²) >= 11 is 7.00. The summed E-state index contributed by atoms with van der Waals surface area (Å²) in [7, 11) is 0. The van der Waals surface area contributed by atoms with E-state index in [2.05, 4.69) is 20.9 Å². The maximum atomic E-state index is 11.7. The molecule has 0 amide bonds. The van der Waals surface area contributed by atoms with Crippen LogP contribution >= 0.6 is 49.9 Å². The highest BCUT2D eigenvalue weighted by Crippen LogP contribution is 2.20. The molecule has 78 valence electrons. The van der Waals surface area contributed by atoms with E-state index in [-0.39, 0.29) is 5.56 Å². The Morgan fingerprint density at radius 3 is 3.07 bits per heavy atom. The van der Waals surface area contributed by atoms with E-state index in [1.54, 1.807) is 28.4 Å². The van der Waals surface area contributed by atoms with Gasteiger partial charge in [-0.3, -0.25) is 9.36 Å². The minimum atomic E-state index is 0.00937. The highest BCUT2D eigenvalue weighted by Gasteiger charge is 2.03. The topological polar surface area (TPSA) is 34.9 Å². The van der Waals surface area contributed by atoms with E-state index in [0.29, 0.717) is 10.1 Å². The van der Waals surface area contributed by atoms with E-state index >= 15 is 0 Å². The first-order valence-electron chi connectivity index (χ1n) is 4.09. The van der Waals surface area contributed by atoms with E-state index < -0.39 is 0 Å². The third-order valence-electron chi connectivity index (χ3n) is 1.81. The van der Waals surface area contributed by atoms with Crippen LogP contribution in [0.1, 0.15) is 4.88 Å². The minimum Gasteiger partial charge on any atom is -0.293 e. The van der Waals surface area contributed by atoms with Gasteiger partial charge in [-0.1, -0.05) is 0 Å². The Hall–Kier alpha value is -0.210. The quantitative estimate of drug-likeness (QED) is 0.731. The van der Waals surface area contributed by atoms with Gasteiger partial charge in [0.2, 0.25) is 0 Å². The van der Waals surface area contributed by atoms with Crippen molar-refractivity contribution in [3.05, 3.63) is 47.2 Å². The fourth-order valence-electron chi connectivity index (χ4n) is 1.14. The van der Waals surface area contributed by atoms with E-state index in [1.165, 1.54) is 0 Å². The molecule has 0 aliphatic heterocycles. The van der Waals surface area contributed by atoms with Crippen molar-refractivity contribution in [1.82, 2.24) is 9.55 Å².